The van der Waals surface area contributed by atoms with Crippen LogP contribution in [0.1, 0.15) is 11.8 Å². The average Bonchev–Trinajstić information content (AvgIpc) is 3.28. The monoisotopic (exact) mass is 383 g/mol. The molecule has 1 N–H and O–H groups in total. The number of nitrogens with zero attached hydrogens (tertiary/aromatic N) is 4. The van der Waals surface area contributed by atoms with Gasteiger partial charge >= 0.3 is 5.97 Å². The predicted molar refractivity (Wildman–Crippen MR) is 101 cm³/mol. The van der Waals surface area contributed by atoms with E-state index < -0.39 is 23.8 Å². The molecule has 2 aliphatic rings. The van der Waals surface area contributed by atoms with Crippen molar-refractivity contribution >= 4 is 23.7 Å². The molecule has 0 unspecified atom stereocenters. The summed E-state index contributed by atoms with van der Waals surface area (Å²) in [6, 6.07) is 8.49. The van der Waals surface area contributed by atoms with Gasteiger partial charge in [0, 0.05) is 32.4 Å². The molecule has 9 nitrogen and oxygen atoms in total. The maximum atomic E-state index is 12.7. The lowest BCUT2D eigenvalue weighted by molar-refractivity contribution is -0.151. The Labute approximate surface area is 162 Å². The first kappa shape index (κ1) is 18.0. The molecule has 1 saturated heterocycles. The second-order valence-electron chi connectivity index (χ2n) is 6.57. The molecule has 2 aliphatic heterocycles. The number of piperazine rings is 1. The summed E-state index contributed by atoms with van der Waals surface area (Å²) in [6.45, 7) is 2.84. The first-order valence-corrected chi connectivity index (χ1v) is 9.08. The fraction of sp³-hybridized carbons (Fsp3) is 0.368. The van der Waals surface area contributed by atoms with E-state index in [2.05, 4.69) is 20.2 Å². The largest absolute Gasteiger partial charge is 0.468 e. The van der Waals surface area contributed by atoms with Gasteiger partial charge in [-0.15, -0.1) is 0 Å². The number of nitrogens with one attached hydrogen (secondary N) is 1. The number of rotatable bonds is 3. The Kier molecular flexibility index (Phi) is 4.96. The minimum absolute atomic E-state index is 0.439. The van der Waals surface area contributed by atoms with Gasteiger partial charge < -0.3 is 19.0 Å². The van der Waals surface area contributed by atoms with E-state index in [0.29, 0.717) is 24.8 Å². The van der Waals surface area contributed by atoms with Crippen LogP contribution in [0.25, 0.3) is 0 Å². The zero-order valence-electron chi connectivity index (χ0n) is 15.4. The highest BCUT2D eigenvalue weighted by molar-refractivity contribution is 6.08. The van der Waals surface area contributed by atoms with Crippen molar-refractivity contribution < 1.29 is 18.7 Å². The third-order valence-electron chi connectivity index (χ3n) is 4.94. The molecule has 2 aromatic rings. The number of amides is 1. The summed E-state index contributed by atoms with van der Waals surface area (Å²) >= 11 is 0. The van der Waals surface area contributed by atoms with Crippen LogP contribution in [0, 0.1) is 5.92 Å². The van der Waals surface area contributed by atoms with Crippen molar-refractivity contribution in [3.05, 3.63) is 48.6 Å². The molecule has 146 valence electrons. The Bertz CT molecular complexity index is 860. The molecule has 28 heavy (non-hydrogen) atoms. The molecule has 0 aliphatic carbocycles. The minimum Gasteiger partial charge on any atom is -0.468 e. The van der Waals surface area contributed by atoms with Crippen molar-refractivity contribution in [3.8, 4) is 0 Å². The quantitative estimate of drug-likeness (QED) is 0.618. The van der Waals surface area contributed by atoms with Gasteiger partial charge in [0.1, 0.15) is 17.6 Å². The standard InChI is InChI=1S/C19H21N5O4/c1-27-18(26)15-16(13-5-4-12-28-13)21-19(22-17(15)25)24-10-8-23(9-11-24)14-6-2-3-7-20-14/h2-7,12,15-16H,8-11H2,1H3,(H,21,22,25)/t15-,16+/m0/s1. The Morgan fingerprint density at radius 2 is 1.96 bits per heavy atom. The summed E-state index contributed by atoms with van der Waals surface area (Å²) in [5.74, 6) is -0.320. The van der Waals surface area contributed by atoms with Gasteiger partial charge in [-0.05, 0) is 24.3 Å². The van der Waals surface area contributed by atoms with Crippen molar-refractivity contribution in [1.82, 2.24) is 15.2 Å². The topological polar surface area (TPSA) is 100 Å². The minimum atomic E-state index is -1.07. The van der Waals surface area contributed by atoms with Crippen LogP contribution in [-0.4, -0.2) is 61.0 Å². The lowest BCUT2D eigenvalue weighted by Crippen LogP contribution is -2.57. The van der Waals surface area contributed by atoms with E-state index in [9.17, 15) is 9.59 Å². The first-order chi connectivity index (χ1) is 13.7. The maximum absolute atomic E-state index is 12.7. The van der Waals surface area contributed by atoms with Gasteiger partial charge in [0.25, 0.3) is 0 Å². The van der Waals surface area contributed by atoms with Crippen LogP contribution >= 0.6 is 0 Å². The molecule has 4 rings (SSSR count). The number of anilines is 1. The summed E-state index contributed by atoms with van der Waals surface area (Å²) in [7, 11) is 1.25. The summed E-state index contributed by atoms with van der Waals surface area (Å²) < 4.78 is 10.2. The summed E-state index contributed by atoms with van der Waals surface area (Å²) in [5.41, 5.74) is 0. The van der Waals surface area contributed by atoms with E-state index in [-0.39, 0.29) is 0 Å². The Balaban J connectivity index is 1.53. The molecule has 1 fully saturated rings. The summed E-state index contributed by atoms with van der Waals surface area (Å²) in [5, 5.41) is 2.76. The zero-order valence-corrected chi connectivity index (χ0v) is 15.4. The Morgan fingerprint density at radius 1 is 1.18 bits per heavy atom. The second kappa shape index (κ2) is 7.71. The molecule has 0 spiro atoms. The van der Waals surface area contributed by atoms with Crippen molar-refractivity contribution in [2.45, 2.75) is 6.04 Å². The highest BCUT2D eigenvalue weighted by atomic mass is 16.5. The van der Waals surface area contributed by atoms with Crippen LogP contribution in [0.3, 0.4) is 0 Å². The van der Waals surface area contributed by atoms with Gasteiger partial charge in [-0.25, -0.2) is 9.98 Å². The molecule has 9 heteroatoms. The van der Waals surface area contributed by atoms with Crippen LogP contribution in [0.2, 0.25) is 0 Å². The smallest absolute Gasteiger partial charge is 0.320 e. The molecule has 0 aromatic carbocycles. The molecular weight excluding hydrogens is 362 g/mol. The van der Waals surface area contributed by atoms with Gasteiger partial charge in [0.15, 0.2) is 5.92 Å². The SMILES string of the molecule is COC(=O)[C@@H]1C(=O)NC(N2CCN(c3ccccn3)CC2)=N[C@@H]1c1ccco1. The maximum Gasteiger partial charge on any atom is 0.320 e. The molecule has 2 atom stereocenters. The fourth-order valence-electron chi connectivity index (χ4n) is 3.47. The molecule has 1 amide bonds. The van der Waals surface area contributed by atoms with Crippen molar-refractivity contribution in [3.63, 3.8) is 0 Å². The number of furan rings is 1. The number of esters is 1. The van der Waals surface area contributed by atoms with Gasteiger partial charge in [-0.2, -0.15) is 0 Å². The predicted octanol–water partition coefficient (Wildman–Crippen LogP) is 0.813. The molecule has 4 heterocycles. The molecule has 0 radical (unpaired) electrons. The van der Waals surface area contributed by atoms with Crippen molar-refractivity contribution in [1.29, 1.82) is 0 Å². The van der Waals surface area contributed by atoms with Gasteiger partial charge in [-0.3, -0.25) is 14.9 Å². The highest BCUT2D eigenvalue weighted by Gasteiger charge is 2.43. The Morgan fingerprint density at radius 3 is 2.61 bits per heavy atom. The van der Waals surface area contributed by atoms with Gasteiger partial charge in [-0.1, -0.05) is 6.07 Å². The zero-order chi connectivity index (χ0) is 19.5. The highest BCUT2D eigenvalue weighted by Crippen LogP contribution is 2.31. The van der Waals surface area contributed by atoms with E-state index >= 15 is 0 Å². The number of methoxy groups -OCH3 is 1. The number of guanidine groups is 1. The number of aliphatic imine (C=N–C) groups is 1. The van der Waals surface area contributed by atoms with Crippen molar-refractivity contribution in [2.75, 3.05) is 38.2 Å². The number of hydrogen-bond donors (Lipinski definition) is 1. The van der Waals surface area contributed by atoms with Crippen molar-refractivity contribution in [2.24, 2.45) is 10.9 Å². The number of aromatic nitrogens is 1. The normalized spacial score (nSPS) is 22.5. The van der Waals surface area contributed by atoms with Crippen LogP contribution in [-0.2, 0) is 14.3 Å². The number of carbonyl (C=O) groups is 2. The van der Waals surface area contributed by atoms with Crippen LogP contribution in [0.5, 0.6) is 0 Å². The number of ether oxygens (including phenoxy) is 1. The van der Waals surface area contributed by atoms with E-state index in [4.69, 9.17) is 9.15 Å². The fourth-order valence-corrected chi connectivity index (χ4v) is 3.47. The molecule has 0 bridgehead atoms. The lowest BCUT2D eigenvalue weighted by Gasteiger charge is -2.39. The second-order valence-corrected chi connectivity index (χ2v) is 6.57. The lowest BCUT2D eigenvalue weighted by atomic mass is 9.95. The third-order valence-corrected chi connectivity index (χ3v) is 4.94. The Hall–Kier alpha value is -3.36. The van der Waals surface area contributed by atoms with Gasteiger partial charge in [0.05, 0.1) is 13.4 Å². The van der Waals surface area contributed by atoms with E-state index in [1.54, 1.807) is 18.3 Å². The summed E-state index contributed by atoms with van der Waals surface area (Å²) in [6.07, 6.45) is 3.27. The number of carbonyl (C=O) groups excluding carboxylic acids is 2. The number of hydrogen-bond acceptors (Lipinski definition) is 8. The molecule has 2 aromatic heterocycles. The third kappa shape index (κ3) is 3.42. The van der Waals surface area contributed by atoms with E-state index in [1.165, 1.54) is 13.4 Å². The van der Waals surface area contributed by atoms with Crippen LogP contribution < -0.4 is 10.2 Å². The average molecular weight is 383 g/mol. The van der Waals surface area contributed by atoms with Crippen LogP contribution in [0.15, 0.2) is 52.2 Å². The van der Waals surface area contributed by atoms with E-state index in [0.717, 1.165) is 18.9 Å². The molecular formula is C19H21N5O4. The molecule has 0 saturated carbocycles. The summed E-state index contributed by atoms with van der Waals surface area (Å²) in [4.78, 5) is 38.0. The van der Waals surface area contributed by atoms with E-state index in [1.807, 2.05) is 23.1 Å². The number of pyridine rings is 1. The first-order valence-electron chi connectivity index (χ1n) is 9.08. The van der Waals surface area contributed by atoms with Crippen LogP contribution in [0.4, 0.5) is 5.82 Å². The van der Waals surface area contributed by atoms with Gasteiger partial charge in [0.2, 0.25) is 11.9 Å².